The number of fused-ring (bicyclic) bond motifs is 1. The molecule has 2 aromatic rings. The summed E-state index contributed by atoms with van der Waals surface area (Å²) in [5, 5.41) is 10.9. The molecule has 1 N–H and O–H groups in total. The van der Waals surface area contributed by atoms with E-state index in [4.69, 9.17) is 4.42 Å². The maximum atomic E-state index is 12.0. The molecule has 0 atom stereocenters. The molecule has 4 rings (SSSR count). The van der Waals surface area contributed by atoms with Gasteiger partial charge in [0.05, 0.1) is 0 Å². The fraction of sp³-hybridized carbons (Fsp3) is 0.609. The van der Waals surface area contributed by atoms with Gasteiger partial charge in [-0.15, -0.1) is 0 Å². The third-order valence-electron chi connectivity index (χ3n) is 6.53. The second-order valence-corrected chi connectivity index (χ2v) is 8.61. The fourth-order valence-corrected chi connectivity index (χ4v) is 4.80. The smallest absolute Gasteiger partial charge is 0.336 e. The second-order valence-electron chi connectivity index (χ2n) is 8.61. The first-order valence-electron chi connectivity index (χ1n) is 10.8. The Morgan fingerprint density at radius 1 is 1.04 bits per heavy atom. The molecule has 0 aliphatic carbocycles. The summed E-state index contributed by atoms with van der Waals surface area (Å²) < 4.78 is 5.38. The van der Waals surface area contributed by atoms with Crippen molar-refractivity contribution in [1.29, 1.82) is 0 Å². The minimum absolute atomic E-state index is 0.169. The number of aromatic hydroxyl groups is 1. The van der Waals surface area contributed by atoms with Crippen LogP contribution in [0.2, 0.25) is 0 Å². The number of likely N-dealkylation sites (tertiary alicyclic amines) is 2. The average molecular weight is 385 g/mol. The number of phenols is 1. The molecule has 0 unspecified atom stereocenters. The van der Waals surface area contributed by atoms with Crippen molar-refractivity contribution < 1.29 is 9.52 Å². The van der Waals surface area contributed by atoms with Gasteiger partial charge in [0.25, 0.3) is 0 Å². The van der Waals surface area contributed by atoms with Gasteiger partial charge in [0.2, 0.25) is 0 Å². The normalized spacial score (nSPS) is 20.5. The molecule has 152 valence electrons. The Morgan fingerprint density at radius 2 is 1.75 bits per heavy atom. The Hall–Kier alpha value is -1.85. The molecule has 2 aliphatic heterocycles. The van der Waals surface area contributed by atoms with Crippen LogP contribution in [0.15, 0.2) is 27.4 Å². The first kappa shape index (κ1) is 19.5. The molecule has 1 aromatic carbocycles. The van der Waals surface area contributed by atoms with Gasteiger partial charge in [0.1, 0.15) is 11.3 Å². The molecule has 5 nitrogen and oxygen atoms in total. The van der Waals surface area contributed by atoms with Crippen molar-refractivity contribution in [3.8, 4) is 5.75 Å². The van der Waals surface area contributed by atoms with Crippen LogP contribution >= 0.6 is 0 Å². The zero-order valence-electron chi connectivity index (χ0n) is 17.0. The number of hydrogen-bond donors (Lipinski definition) is 1. The van der Waals surface area contributed by atoms with Gasteiger partial charge in [-0.1, -0.05) is 12.8 Å². The lowest BCUT2D eigenvalue weighted by molar-refractivity contribution is 0.140. The lowest BCUT2D eigenvalue weighted by atomic mass is 9.95. The van der Waals surface area contributed by atoms with Gasteiger partial charge < -0.3 is 14.4 Å². The van der Waals surface area contributed by atoms with Crippen LogP contribution in [0.4, 0.5) is 0 Å². The van der Waals surface area contributed by atoms with Gasteiger partial charge in [-0.05, 0) is 82.4 Å². The van der Waals surface area contributed by atoms with E-state index in [1.807, 2.05) is 6.07 Å². The van der Waals surface area contributed by atoms with E-state index in [1.54, 1.807) is 19.1 Å². The SMILES string of the molecule is Cc1c(O)ccc2c(CN3CCC(CN4CCCCCC4)CC3)cc(=O)oc12. The highest BCUT2D eigenvalue weighted by atomic mass is 16.4. The van der Waals surface area contributed by atoms with Gasteiger partial charge >= 0.3 is 5.63 Å². The van der Waals surface area contributed by atoms with Crippen LogP contribution in [0.25, 0.3) is 11.0 Å². The minimum Gasteiger partial charge on any atom is -0.508 e. The maximum Gasteiger partial charge on any atom is 0.336 e. The molecule has 3 heterocycles. The summed E-state index contributed by atoms with van der Waals surface area (Å²) in [7, 11) is 0. The summed E-state index contributed by atoms with van der Waals surface area (Å²) >= 11 is 0. The summed E-state index contributed by atoms with van der Waals surface area (Å²) in [6.07, 6.45) is 7.97. The summed E-state index contributed by atoms with van der Waals surface area (Å²) in [5.41, 5.74) is 1.80. The van der Waals surface area contributed by atoms with E-state index in [-0.39, 0.29) is 11.4 Å². The summed E-state index contributed by atoms with van der Waals surface area (Å²) in [5.74, 6) is 0.966. The number of phenolic OH excluding ortho intramolecular Hbond substituents is 1. The third kappa shape index (κ3) is 4.41. The molecule has 1 aromatic heterocycles. The van der Waals surface area contributed by atoms with E-state index >= 15 is 0 Å². The summed E-state index contributed by atoms with van der Waals surface area (Å²) in [6, 6.07) is 5.17. The molecule has 2 fully saturated rings. The molecule has 0 amide bonds. The van der Waals surface area contributed by atoms with Crippen LogP contribution in [-0.4, -0.2) is 47.6 Å². The van der Waals surface area contributed by atoms with Crippen LogP contribution in [0.1, 0.15) is 49.7 Å². The van der Waals surface area contributed by atoms with Crippen LogP contribution in [0.3, 0.4) is 0 Å². The predicted octanol–water partition coefficient (Wildman–Crippen LogP) is 3.90. The first-order chi connectivity index (χ1) is 13.6. The van der Waals surface area contributed by atoms with Crippen molar-refractivity contribution in [2.24, 2.45) is 5.92 Å². The third-order valence-corrected chi connectivity index (χ3v) is 6.53. The Labute approximate surface area is 166 Å². The minimum atomic E-state index is -0.341. The molecule has 0 bridgehead atoms. The summed E-state index contributed by atoms with van der Waals surface area (Å²) in [6.45, 7) is 8.52. The van der Waals surface area contributed by atoms with E-state index in [0.717, 1.165) is 36.5 Å². The second kappa shape index (κ2) is 8.66. The largest absolute Gasteiger partial charge is 0.508 e. The Balaban J connectivity index is 1.40. The van der Waals surface area contributed by atoms with Crippen LogP contribution in [0, 0.1) is 12.8 Å². The average Bonchev–Trinajstić information content (AvgIpc) is 2.95. The van der Waals surface area contributed by atoms with Gasteiger partial charge in [-0.25, -0.2) is 4.79 Å². The molecule has 28 heavy (non-hydrogen) atoms. The van der Waals surface area contributed by atoms with Crippen LogP contribution < -0.4 is 5.63 Å². The van der Waals surface area contributed by atoms with E-state index in [1.165, 1.54) is 58.2 Å². The van der Waals surface area contributed by atoms with Gasteiger partial charge in [-0.3, -0.25) is 4.90 Å². The molecule has 0 spiro atoms. The van der Waals surface area contributed by atoms with E-state index in [2.05, 4.69) is 9.80 Å². The molecule has 5 heteroatoms. The van der Waals surface area contributed by atoms with Crippen molar-refractivity contribution in [2.45, 2.75) is 52.0 Å². The number of hydrogen-bond acceptors (Lipinski definition) is 5. The van der Waals surface area contributed by atoms with E-state index < -0.39 is 0 Å². The Morgan fingerprint density at radius 3 is 2.46 bits per heavy atom. The topological polar surface area (TPSA) is 56.9 Å². The van der Waals surface area contributed by atoms with E-state index in [9.17, 15) is 9.90 Å². The number of piperidine rings is 1. The van der Waals surface area contributed by atoms with Crippen molar-refractivity contribution in [2.75, 3.05) is 32.7 Å². The number of rotatable bonds is 4. The van der Waals surface area contributed by atoms with E-state index in [0.29, 0.717) is 11.1 Å². The zero-order chi connectivity index (χ0) is 19.5. The monoisotopic (exact) mass is 384 g/mol. The van der Waals surface area contributed by atoms with Gasteiger partial charge in [-0.2, -0.15) is 0 Å². The van der Waals surface area contributed by atoms with Crippen molar-refractivity contribution in [3.63, 3.8) is 0 Å². The highest BCUT2D eigenvalue weighted by Gasteiger charge is 2.23. The Bertz CT molecular complexity index is 860. The van der Waals surface area contributed by atoms with Crippen molar-refractivity contribution >= 4 is 11.0 Å². The number of aryl methyl sites for hydroxylation is 1. The van der Waals surface area contributed by atoms with Crippen LogP contribution in [-0.2, 0) is 6.54 Å². The number of nitrogens with zero attached hydrogens (tertiary/aromatic N) is 2. The molecule has 0 radical (unpaired) electrons. The van der Waals surface area contributed by atoms with Crippen molar-refractivity contribution in [3.05, 3.63) is 39.7 Å². The first-order valence-corrected chi connectivity index (χ1v) is 10.8. The predicted molar refractivity (Wildman–Crippen MR) is 112 cm³/mol. The zero-order valence-corrected chi connectivity index (χ0v) is 17.0. The molecular weight excluding hydrogens is 352 g/mol. The number of benzene rings is 1. The van der Waals surface area contributed by atoms with Gasteiger partial charge in [0.15, 0.2) is 0 Å². The highest BCUT2D eigenvalue weighted by Crippen LogP contribution is 2.29. The fourth-order valence-electron chi connectivity index (χ4n) is 4.80. The molecule has 2 aliphatic rings. The van der Waals surface area contributed by atoms with Crippen molar-refractivity contribution in [1.82, 2.24) is 9.80 Å². The van der Waals surface area contributed by atoms with Gasteiger partial charge in [0, 0.05) is 30.1 Å². The Kier molecular flexibility index (Phi) is 6.02. The lowest BCUT2D eigenvalue weighted by Crippen LogP contribution is -2.38. The molecular formula is C23H32N2O3. The summed E-state index contributed by atoms with van der Waals surface area (Å²) in [4.78, 5) is 17.2. The standard InChI is InChI=1S/C23H32N2O3/c1-17-21(26)7-6-20-19(14-22(27)28-23(17)20)16-25-12-8-18(9-13-25)15-24-10-4-2-3-5-11-24/h6-7,14,18,26H,2-5,8-13,15-16H2,1H3. The molecule has 0 saturated carbocycles. The highest BCUT2D eigenvalue weighted by molar-refractivity contribution is 5.84. The lowest BCUT2D eigenvalue weighted by Gasteiger charge is -2.34. The van der Waals surface area contributed by atoms with Crippen LogP contribution in [0.5, 0.6) is 5.75 Å². The quantitative estimate of drug-likeness (QED) is 0.811. The maximum absolute atomic E-state index is 12.0. The molecule has 2 saturated heterocycles.